The number of benzene rings is 3. The predicted molar refractivity (Wildman–Crippen MR) is 122 cm³/mol. The number of carbonyl (C=O) groups is 1. The largest absolute Gasteiger partial charge is 1.00 e. The number of nitrogens with one attached hydrogen (secondary N) is 1. The molecule has 3 aromatic rings. The summed E-state index contributed by atoms with van der Waals surface area (Å²) in [5, 5.41) is 14.5. The molecule has 3 heterocycles. The van der Waals surface area contributed by atoms with Gasteiger partial charge in [0.1, 0.15) is 30.5 Å². The maximum Gasteiger partial charge on any atom is 1.00 e. The van der Waals surface area contributed by atoms with Crippen molar-refractivity contribution in [3.8, 4) is 17.2 Å². The van der Waals surface area contributed by atoms with Crippen LogP contribution >= 0.6 is 0 Å². The summed E-state index contributed by atoms with van der Waals surface area (Å²) in [5.74, 6) is 1.27. The standard InChI is InChI=1S/C26H24N2O5.Na/c29-25(30)12-16-14-32-24-13-17(8-9-18(16)24)27-20-15-33-26-19(20)4-3-6-22(26)28-10-11-31-23-7-2-1-5-21(23)28;/h1-9,13,16,20,27H,10-12,14-15H2,(H,29,30);/q;+1/p-1/t16-,20-;/m1./s1. The normalized spacial score (nSPS) is 19.5. The van der Waals surface area contributed by atoms with Gasteiger partial charge in [-0.25, -0.2) is 0 Å². The minimum absolute atomic E-state index is 0. The Morgan fingerprint density at radius 1 is 0.941 bits per heavy atom. The van der Waals surface area contributed by atoms with Gasteiger partial charge in [-0.05, 0) is 30.7 Å². The third-order valence-electron chi connectivity index (χ3n) is 6.46. The van der Waals surface area contributed by atoms with Crippen molar-refractivity contribution >= 4 is 23.0 Å². The number of carboxylic acid groups (broad SMARTS) is 1. The molecule has 0 aromatic heterocycles. The molecule has 3 aliphatic heterocycles. The minimum atomic E-state index is -1.06. The molecule has 168 valence electrons. The van der Waals surface area contributed by atoms with E-state index in [0.717, 1.165) is 52.0 Å². The summed E-state index contributed by atoms with van der Waals surface area (Å²) in [6, 6.07) is 20.1. The van der Waals surface area contributed by atoms with Gasteiger partial charge in [0, 0.05) is 34.8 Å². The summed E-state index contributed by atoms with van der Waals surface area (Å²) in [4.78, 5) is 13.2. The number of rotatable bonds is 5. The van der Waals surface area contributed by atoms with Gasteiger partial charge in [0.25, 0.3) is 0 Å². The number of carbonyl (C=O) groups excluding carboxylic acids is 1. The molecule has 8 heteroatoms. The van der Waals surface area contributed by atoms with Gasteiger partial charge in [0.2, 0.25) is 0 Å². The van der Waals surface area contributed by atoms with Crippen LogP contribution in [-0.4, -0.2) is 32.3 Å². The topological polar surface area (TPSA) is 83.1 Å². The fraction of sp³-hybridized carbons (Fsp3) is 0.269. The van der Waals surface area contributed by atoms with Crippen molar-refractivity contribution in [3.05, 3.63) is 71.8 Å². The molecule has 0 spiro atoms. The average molecular weight is 466 g/mol. The van der Waals surface area contributed by atoms with E-state index in [0.29, 0.717) is 19.8 Å². The van der Waals surface area contributed by atoms with Gasteiger partial charge in [-0.1, -0.05) is 30.3 Å². The maximum atomic E-state index is 11.0. The SMILES string of the molecule is O=C([O-])C[C@@H]1COc2cc(N[C@@H]3COc4c3cccc4N3CCOc4ccccc43)ccc21.[Na+]. The van der Waals surface area contributed by atoms with Crippen molar-refractivity contribution in [3.63, 3.8) is 0 Å². The number of anilines is 3. The molecule has 1 N–H and O–H groups in total. The summed E-state index contributed by atoms with van der Waals surface area (Å²) >= 11 is 0. The Labute approximate surface area is 219 Å². The molecule has 3 aromatic carbocycles. The Morgan fingerprint density at radius 2 is 1.79 bits per heavy atom. The molecule has 3 aliphatic rings. The smallest absolute Gasteiger partial charge is 0.550 e. The number of ether oxygens (including phenoxy) is 3. The van der Waals surface area contributed by atoms with E-state index >= 15 is 0 Å². The number of hydrogen-bond acceptors (Lipinski definition) is 7. The Kier molecular flexibility index (Phi) is 6.34. The fourth-order valence-electron chi connectivity index (χ4n) is 4.92. The molecule has 0 saturated heterocycles. The third-order valence-corrected chi connectivity index (χ3v) is 6.46. The molecule has 0 radical (unpaired) electrons. The molecule has 34 heavy (non-hydrogen) atoms. The molecule has 0 saturated carbocycles. The summed E-state index contributed by atoms with van der Waals surface area (Å²) in [5.41, 5.74) is 5.01. The summed E-state index contributed by atoms with van der Waals surface area (Å²) < 4.78 is 17.7. The summed E-state index contributed by atoms with van der Waals surface area (Å²) in [7, 11) is 0. The van der Waals surface area contributed by atoms with Crippen molar-refractivity contribution in [2.24, 2.45) is 0 Å². The minimum Gasteiger partial charge on any atom is -0.550 e. The van der Waals surface area contributed by atoms with E-state index in [4.69, 9.17) is 14.2 Å². The molecule has 0 unspecified atom stereocenters. The Balaban J connectivity index is 0.00000241. The van der Waals surface area contributed by atoms with E-state index in [2.05, 4.69) is 34.5 Å². The Morgan fingerprint density at radius 3 is 2.68 bits per heavy atom. The van der Waals surface area contributed by atoms with Gasteiger partial charge >= 0.3 is 29.6 Å². The van der Waals surface area contributed by atoms with Crippen LogP contribution in [0.25, 0.3) is 0 Å². The Bertz CT molecular complexity index is 1230. The zero-order valence-electron chi connectivity index (χ0n) is 19.0. The molecular formula is C26H23N2NaO5. The van der Waals surface area contributed by atoms with Gasteiger partial charge in [0.15, 0.2) is 0 Å². The predicted octanol–water partition coefficient (Wildman–Crippen LogP) is 0.383. The van der Waals surface area contributed by atoms with E-state index in [1.165, 1.54) is 0 Å². The van der Waals surface area contributed by atoms with Crippen molar-refractivity contribution in [1.29, 1.82) is 0 Å². The first kappa shape index (κ1) is 22.9. The van der Waals surface area contributed by atoms with Crippen LogP contribution < -0.4 is 59.1 Å². The van der Waals surface area contributed by atoms with Gasteiger partial charge < -0.3 is 34.3 Å². The second-order valence-corrected chi connectivity index (χ2v) is 8.51. The van der Waals surface area contributed by atoms with Crippen LogP contribution in [0.2, 0.25) is 0 Å². The zero-order valence-corrected chi connectivity index (χ0v) is 21.0. The van der Waals surface area contributed by atoms with Gasteiger partial charge in [0.05, 0.1) is 30.6 Å². The molecule has 0 amide bonds. The second kappa shape index (κ2) is 9.41. The van der Waals surface area contributed by atoms with Gasteiger partial charge in [-0.3, -0.25) is 0 Å². The van der Waals surface area contributed by atoms with Crippen LogP contribution in [0.1, 0.15) is 29.5 Å². The van der Waals surface area contributed by atoms with E-state index in [1.807, 2.05) is 36.4 Å². The zero-order chi connectivity index (χ0) is 22.4. The Hall–Kier alpha value is -2.87. The van der Waals surface area contributed by atoms with Crippen LogP contribution in [0.5, 0.6) is 17.2 Å². The molecule has 0 fully saturated rings. The first-order valence-electron chi connectivity index (χ1n) is 11.2. The number of nitrogens with zero attached hydrogens (tertiary/aromatic N) is 1. The van der Waals surface area contributed by atoms with Crippen molar-refractivity contribution in [2.45, 2.75) is 18.4 Å². The maximum absolute atomic E-state index is 11.0. The number of fused-ring (bicyclic) bond motifs is 3. The van der Waals surface area contributed by atoms with Gasteiger partial charge in [-0.15, -0.1) is 0 Å². The fourth-order valence-corrected chi connectivity index (χ4v) is 4.92. The molecule has 7 nitrogen and oxygen atoms in total. The average Bonchev–Trinajstić information content (AvgIpc) is 3.42. The van der Waals surface area contributed by atoms with E-state index in [-0.39, 0.29) is 47.9 Å². The first-order valence-corrected chi connectivity index (χ1v) is 11.2. The number of aliphatic carboxylic acids is 1. The summed E-state index contributed by atoms with van der Waals surface area (Å²) in [6.07, 6.45) is -0.0307. The quantitative estimate of drug-likeness (QED) is 0.545. The first-order chi connectivity index (χ1) is 16.2. The number of carboxylic acids is 1. The van der Waals surface area contributed by atoms with Crippen molar-refractivity contribution in [2.75, 3.05) is 36.6 Å². The number of para-hydroxylation sites is 3. The molecule has 0 bridgehead atoms. The molecular weight excluding hydrogens is 443 g/mol. The molecule has 2 atom stereocenters. The van der Waals surface area contributed by atoms with Crippen LogP contribution in [0, 0.1) is 0 Å². The van der Waals surface area contributed by atoms with Crippen molar-refractivity contribution < 1.29 is 53.7 Å². The van der Waals surface area contributed by atoms with E-state index in [1.54, 1.807) is 0 Å². The van der Waals surface area contributed by atoms with Crippen LogP contribution in [0.15, 0.2) is 60.7 Å². The second-order valence-electron chi connectivity index (χ2n) is 8.51. The third kappa shape index (κ3) is 4.08. The van der Waals surface area contributed by atoms with Crippen LogP contribution in [-0.2, 0) is 4.79 Å². The van der Waals surface area contributed by atoms with Crippen molar-refractivity contribution in [1.82, 2.24) is 0 Å². The van der Waals surface area contributed by atoms with Gasteiger partial charge in [-0.2, -0.15) is 0 Å². The molecule has 6 rings (SSSR count). The van der Waals surface area contributed by atoms with E-state index < -0.39 is 5.97 Å². The van der Waals surface area contributed by atoms with E-state index in [9.17, 15) is 9.90 Å². The van der Waals surface area contributed by atoms with Crippen LogP contribution in [0.3, 0.4) is 0 Å². The summed E-state index contributed by atoms with van der Waals surface area (Å²) in [6.45, 7) is 2.26. The number of hydrogen-bond donors (Lipinski definition) is 1. The van der Waals surface area contributed by atoms with Crippen LogP contribution in [0.4, 0.5) is 17.1 Å². The monoisotopic (exact) mass is 466 g/mol. The molecule has 0 aliphatic carbocycles.